The van der Waals surface area contributed by atoms with Crippen molar-refractivity contribution in [1.82, 2.24) is 29.1 Å². The van der Waals surface area contributed by atoms with Gasteiger partial charge in [-0.1, -0.05) is 23.9 Å². The Labute approximate surface area is 194 Å². The average molecular weight is 462 g/mol. The van der Waals surface area contributed by atoms with Crippen LogP contribution in [0.3, 0.4) is 0 Å². The Morgan fingerprint density at radius 3 is 2.61 bits per heavy atom. The fraction of sp³-hybridized carbons (Fsp3) is 0.261. The minimum Gasteiger partial charge on any atom is -0.325 e. The van der Waals surface area contributed by atoms with Crippen LogP contribution >= 0.6 is 11.8 Å². The van der Waals surface area contributed by atoms with Gasteiger partial charge in [0.15, 0.2) is 11.0 Å². The molecule has 1 aliphatic heterocycles. The van der Waals surface area contributed by atoms with E-state index in [1.54, 1.807) is 29.4 Å². The van der Waals surface area contributed by atoms with Crippen LogP contribution in [0.15, 0.2) is 58.6 Å². The van der Waals surface area contributed by atoms with E-state index in [2.05, 4.69) is 31.3 Å². The van der Waals surface area contributed by atoms with Gasteiger partial charge in [-0.15, -0.1) is 5.10 Å². The third-order valence-corrected chi connectivity index (χ3v) is 6.51. The second-order valence-corrected chi connectivity index (χ2v) is 9.07. The van der Waals surface area contributed by atoms with Crippen molar-refractivity contribution < 1.29 is 4.79 Å². The summed E-state index contributed by atoms with van der Waals surface area (Å²) in [6, 6.07) is 11.6. The monoisotopic (exact) mass is 461 g/mol. The van der Waals surface area contributed by atoms with E-state index in [1.807, 2.05) is 44.2 Å². The number of hydrogen-bond acceptors (Lipinski definition) is 6. The van der Waals surface area contributed by atoms with E-state index in [9.17, 15) is 9.59 Å². The highest BCUT2D eigenvalue weighted by atomic mass is 32.2. The largest absolute Gasteiger partial charge is 0.325 e. The molecule has 1 N–H and O–H groups in total. The summed E-state index contributed by atoms with van der Waals surface area (Å²) in [4.78, 5) is 30.0. The maximum Gasteiger partial charge on any atom is 0.267 e. The molecule has 4 heterocycles. The topological polar surface area (TPSA) is 99.6 Å². The first-order valence-electron chi connectivity index (χ1n) is 10.6. The number of amides is 1. The first kappa shape index (κ1) is 21.2. The molecule has 33 heavy (non-hydrogen) atoms. The predicted octanol–water partition coefficient (Wildman–Crippen LogP) is 3.21. The molecule has 1 amide bonds. The van der Waals surface area contributed by atoms with Crippen molar-refractivity contribution in [1.29, 1.82) is 0 Å². The van der Waals surface area contributed by atoms with Crippen molar-refractivity contribution >= 4 is 23.4 Å². The molecule has 0 bridgehead atoms. The minimum absolute atomic E-state index is 0.333. The van der Waals surface area contributed by atoms with Crippen molar-refractivity contribution in [3.63, 3.8) is 0 Å². The average Bonchev–Trinajstić information content (AvgIpc) is 3.49. The van der Waals surface area contributed by atoms with Crippen molar-refractivity contribution in [2.24, 2.45) is 0 Å². The summed E-state index contributed by atoms with van der Waals surface area (Å²) in [6.07, 6.45) is 2.05. The van der Waals surface area contributed by atoms with Gasteiger partial charge in [0.1, 0.15) is 6.04 Å². The highest BCUT2D eigenvalue weighted by Crippen LogP contribution is 2.29. The molecule has 0 fully saturated rings. The zero-order valence-corrected chi connectivity index (χ0v) is 19.3. The number of aryl methyl sites for hydroxylation is 3. The van der Waals surface area contributed by atoms with Gasteiger partial charge in [-0.3, -0.25) is 9.59 Å². The number of fused-ring (bicyclic) bond motifs is 1. The summed E-state index contributed by atoms with van der Waals surface area (Å²) in [5.74, 6) is 1.21. The molecule has 5 rings (SSSR count). The number of aromatic nitrogens is 6. The van der Waals surface area contributed by atoms with Crippen LogP contribution in [0.4, 0.5) is 5.69 Å². The predicted molar refractivity (Wildman–Crippen MR) is 127 cm³/mol. The molecule has 0 spiro atoms. The number of rotatable bonds is 5. The number of carbonyl (C=O) groups excluding carboxylic acids is 1. The summed E-state index contributed by atoms with van der Waals surface area (Å²) >= 11 is 1.75. The number of thioether (sulfide) groups is 1. The summed E-state index contributed by atoms with van der Waals surface area (Å²) < 4.78 is 4.99. The summed E-state index contributed by atoms with van der Waals surface area (Å²) in [5.41, 5.74) is 3.92. The molecule has 10 heteroatoms. The molecule has 1 aromatic carbocycles. The summed E-state index contributed by atoms with van der Waals surface area (Å²) in [7, 11) is 0. The molecular formula is C23H23N7O2S. The van der Waals surface area contributed by atoms with Crippen LogP contribution in [0.1, 0.15) is 24.4 Å². The molecule has 0 radical (unpaired) electrons. The zero-order valence-electron chi connectivity index (χ0n) is 18.5. The van der Waals surface area contributed by atoms with Crippen LogP contribution in [0.25, 0.3) is 17.1 Å². The minimum atomic E-state index is -0.803. The number of anilines is 1. The Hall–Kier alpha value is -3.66. The SMILES string of the molecule is Cc1cc(C)n(-c2ccc(=O)n(C(C)C(=O)Nc3ccc(-c4cn5c(n4)SCC5)cc3)n2)n1. The van der Waals surface area contributed by atoms with E-state index in [1.165, 1.54) is 10.7 Å². The van der Waals surface area contributed by atoms with E-state index in [0.29, 0.717) is 11.5 Å². The molecule has 1 aliphatic rings. The molecule has 0 saturated heterocycles. The number of benzene rings is 1. The molecule has 0 saturated carbocycles. The Morgan fingerprint density at radius 2 is 1.91 bits per heavy atom. The van der Waals surface area contributed by atoms with E-state index in [4.69, 9.17) is 0 Å². The molecule has 168 valence electrons. The lowest BCUT2D eigenvalue weighted by Gasteiger charge is -2.15. The van der Waals surface area contributed by atoms with Gasteiger partial charge in [0.25, 0.3) is 5.56 Å². The van der Waals surface area contributed by atoms with Gasteiger partial charge in [0.05, 0.1) is 11.4 Å². The van der Waals surface area contributed by atoms with Gasteiger partial charge in [0, 0.05) is 41.5 Å². The van der Waals surface area contributed by atoms with Gasteiger partial charge < -0.3 is 9.88 Å². The van der Waals surface area contributed by atoms with Crippen LogP contribution in [0.2, 0.25) is 0 Å². The molecule has 4 aromatic rings. The van der Waals surface area contributed by atoms with Gasteiger partial charge >= 0.3 is 0 Å². The second-order valence-electron chi connectivity index (χ2n) is 8.01. The Morgan fingerprint density at radius 1 is 1.12 bits per heavy atom. The normalized spacial score (nSPS) is 13.7. The van der Waals surface area contributed by atoms with E-state index in [-0.39, 0.29) is 11.5 Å². The molecule has 3 aromatic heterocycles. The van der Waals surface area contributed by atoms with Crippen molar-refractivity contribution in [2.75, 3.05) is 11.1 Å². The Balaban J connectivity index is 1.33. The summed E-state index contributed by atoms with van der Waals surface area (Å²) in [6.45, 7) is 6.42. The quantitative estimate of drug-likeness (QED) is 0.490. The van der Waals surface area contributed by atoms with Crippen LogP contribution < -0.4 is 10.9 Å². The number of hydrogen-bond donors (Lipinski definition) is 1. The van der Waals surface area contributed by atoms with E-state index in [0.717, 1.165) is 40.1 Å². The number of nitrogens with one attached hydrogen (secondary N) is 1. The van der Waals surface area contributed by atoms with Gasteiger partial charge in [-0.25, -0.2) is 14.3 Å². The van der Waals surface area contributed by atoms with E-state index >= 15 is 0 Å². The highest BCUT2D eigenvalue weighted by Gasteiger charge is 2.19. The molecule has 9 nitrogen and oxygen atoms in total. The third-order valence-electron chi connectivity index (χ3n) is 5.54. The lowest BCUT2D eigenvalue weighted by molar-refractivity contribution is -0.119. The van der Waals surface area contributed by atoms with Crippen LogP contribution in [-0.2, 0) is 11.3 Å². The Kier molecular flexibility index (Phi) is 5.37. The first-order chi connectivity index (χ1) is 15.9. The van der Waals surface area contributed by atoms with Crippen LogP contribution in [-0.4, -0.2) is 40.8 Å². The molecular weight excluding hydrogens is 438 g/mol. The van der Waals surface area contributed by atoms with Crippen molar-refractivity contribution in [2.45, 2.75) is 38.5 Å². The third kappa shape index (κ3) is 4.09. The molecule has 1 atom stereocenters. The van der Waals surface area contributed by atoms with Crippen molar-refractivity contribution in [3.05, 3.63) is 70.4 Å². The smallest absolute Gasteiger partial charge is 0.267 e. The lowest BCUT2D eigenvalue weighted by atomic mass is 10.1. The maximum atomic E-state index is 12.9. The number of carbonyl (C=O) groups is 1. The van der Waals surface area contributed by atoms with Gasteiger partial charge in [0.2, 0.25) is 5.91 Å². The first-order valence-corrected chi connectivity index (χ1v) is 11.6. The second kappa shape index (κ2) is 8.36. The fourth-order valence-electron chi connectivity index (χ4n) is 3.80. The zero-order chi connectivity index (χ0) is 23.1. The number of nitrogens with zero attached hydrogens (tertiary/aromatic N) is 6. The van der Waals surface area contributed by atoms with Gasteiger partial charge in [-0.05, 0) is 45.0 Å². The number of imidazole rings is 1. The fourth-order valence-corrected chi connectivity index (χ4v) is 4.74. The Bertz CT molecular complexity index is 1380. The molecule has 1 unspecified atom stereocenters. The van der Waals surface area contributed by atoms with Gasteiger partial charge in [-0.2, -0.15) is 5.10 Å². The lowest BCUT2D eigenvalue weighted by Crippen LogP contribution is -2.33. The molecule has 0 aliphatic carbocycles. The van der Waals surface area contributed by atoms with Crippen molar-refractivity contribution in [3.8, 4) is 17.1 Å². The van der Waals surface area contributed by atoms with E-state index < -0.39 is 6.04 Å². The van der Waals surface area contributed by atoms with Crippen LogP contribution in [0, 0.1) is 13.8 Å². The standard InChI is InChI=1S/C23H23N7O2S/c1-14-12-15(2)29(26-14)20-8-9-21(31)30(27-20)16(3)22(32)24-18-6-4-17(5-7-18)19-13-28-10-11-33-23(28)25-19/h4-9,12-13,16H,10-11H2,1-3H3,(H,24,32). The summed E-state index contributed by atoms with van der Waals surface area (Å²) in [5, 5.41) is 12.7. The maximum absolute atomic E-state index is 12.9. The van der Waals surface area contributed by atoms with Crippen LogP contribution in [0.5, 0.6) is 0 Å². The highest BCUT2D eigenvalue weighted by molar-refractivity contribution is 7.99.